The molecular weight excluding hydrogens is 463 g/mol. The van der Waals surface area contributed by atoms with Crippen LogP contribution in [0.1, 0.15) is 59.7 Å². The van der Waals surface area contributed by atoms with Crippen molar-refractivity contribution in [3.63, 3.8) is 0 Å². The number of hydrogen-bond acceptors (Lipinski definition) is 4. The van der Waals surface area contributed by atoms with Gasteiger partial charge in [0.25, 0.3) is 11.8 Å². The van der Waals surface area contributed by atoms with Crippen LogP contribution in [-0.4, -0.2) is 35.8 Å². The summed E-state index contributed by atoms with van der Waals surface area (Å²) in [5.41, 5.74) is 7.52. The van der Waals surface area contributed by atoms with E-state index in [1.807, 2.05) is 6.92 Å². The Morgan fingerprint density at radius 2 is 1.85 bits per heavy atom. The molecule has 1 aliphatic carbocycles. The van der Waals surface area contributed by atoms with Crippen molar-refractivity contribution >= 4 is 52.3 Å². The van der Waals surface area contributed by atoms with E-state index in [4.69, 9.17) is 28.9 Å². The summed E-state index contributed by atoms with van der Waals surface area (Å²) in [7, 11) is 0. The molecule has 1 atom stereocenters. The molecule has 174 valence electrons. The minimum atomic E-state index is -0.706. The van der Waals surface area contributed by atoms with E-state index in [0.29, 0.717) is 28.4 Å². The van der Waals surface area contributed by atoms with Gasteiger partial charge in [-0.25, -0.2) is 0 Å². The first kappa shape index (κ1) is 23.5. The van der Waals surface area contributed by atoms with E-state index in [2.05, 4.69) is 10.6 Å². The molecule has 2 aromatic carbocycles. The average molecular weight is 489 g/mol. The zero-order chi connectivity index (χ0) is 23.7. The molecule has 4 N–H and O–H groups in total. The molecule has 9 heteroatoms. The number of anilines is 2. The number of nitrogens with one attached hydrogen (secondary N) is 2. The monoisotopic (exact) mass is 488 g/mol. The normalized spacial score (nSPS) is 22.4. The van der Waals surface area contributed by atoms with Crippen molar-refractivity contribution in [3.8, 4) is 0 Å². The van der Waals surface area contributed by atoms with Crippen molar-refractivity contribution in [2.45, 2.75) is 57.2 Å². The average Bonchev–Trinajstić information content (AvgIpc) is 2.78. The van der Waals surface area contributed by atoms with Crippen molar-refractivity contribution in [1.82, 2.24) is 5.32 Å². The first-order valence-electron chi connectivity index (χ1n) is 11.1. The molecule has 1 saturated carbocycles. The molecule has 3 amide bonds. The van der Waals surface area contributed by atoms with Gasteiger partial charge in [-0.3, -0.25) is 19.3 Å². The summed E-state index contributed by atoms with van der Waals surface area (Å²) >= 11 is 12.2. The molecule has 0 spiro atoms. The highest BCUT2D eigenvalue weighted by Crippen LogP contribution is 2.36. The highest BCUT2D eigenvalue weighted by atomic mass is 35.5. The van der Waals surface area contributed by atoms with Gasteiger partial charge in [-0.1, -0.05) is 30.1 Å². The van der Waals surface area contributed by atoms with Gasteiger partial charge < -0.3 is 16.4 Å². The number of halogens is 2. The third kappa shape index (κ3) is 4.86. The number of nitrogens with two attached hydrogens (primary N) is 1. The summed E-state index contributed by atoms with van der Waals surface area (Å²) in [6, 6.07) is 9.14. The van der Waals surface area contributed by atoms with E-state index in [1.165, 1.54) is 11.0 Å². The van der Waals surface area contributed by atoms with E-state index in [9.17, 15) is 14.4 Å². The van der Waals surface area contributed by atoms with Gasteiger partial charge in [0, 0.05) is 22.7 Å². The van der Waals surface area contributed by atoms with E-state index in [1.54, 1.807) is 30.3 Å². The molecule has 7 nitrogen and oxygen atoms in total. The molecule has 0 radical (unpaired) electrons. The fraction of sp³-hybridized carbons (Fsp3) is 0.375. The van der Waals surface area contributed by atoms with Gasteiger partial charge in [0.05, 0.1) is 22.0 Å². The summed E-state index contributed by atoms with van der Waals surface area (Å²) in [4.78, 5) is 40.5. The fourth-order valence-electron chi connectivity index (χ4n) is 4.43. The molecule has 4 rings (SSSR count). The van der Waals surface area contributed by atoms with Gasteiger partial charge in [0.2, 0.25) is 5.91 Å². The molecule has 1 fully saturated rings. The van der Waals surface area contributed by atoms with E-state index in [-0.39, 0.29) is 34.5 Å². The molecule has 0 saturated heterocycles. The Balaban J connectivity index is 1.63. The van der Waals surface area contributed by atoms with E-state index >= 15 is 0 Å². The Kier molecular flexibility index (Phi) is 6.93. The van der Waals surface area contributed by atoms with Crippen LogP contribution < -0.4 is 21.3 Å². The highest BCUT2D eigenvalue weighted by molar-refractivity contribution is 6.37. The Bertz CT molecular complexity index is 1100. The Hall–Kier alpha value is -2.61. The van der Waals surface area contributed by atoms with Gasteiger partial charge in [0.15, 0.2) is 0 Å². The van der Waals surface area contributed by atoms with Crippen molar-refractivity contribution in [2.75, 3.05) is 10.2 Å². The number of carbonyl (C=O) groups excluding carboxylic acids is 3. The molecule has 2 aromatic rings. The van der Waals surface area contributed by atoms with Crippen LogP contribution in [0.5, 0.6) is 0 Å². The van der Waals surface area contributed by atoms with Crippen LogP contribution in [0, 0.1) is 0 Å². The van der Waals surface area contributed by atoms with Crippen LogP contribution in [0.15, 0.2) is 36.4 Å². The number of amides is 3. The maximum atomic E-state index is 13.4. The standard InChI is InChI=1S/C24H26Cl2N4O3/c1-2-20-23(32)29-19-11-13(22(31)28-16-7-5-15(27)6-8-16)3-10-21(19)30(20)24(33)17-9-4-14(25)12-18(17)26/h3-4,9-12,15-16,20H,2,5-8,27H2,1H3,(H,28,31)(H,29,32). The molecular formula is C24H26Cl2N4O3. The lowest BCUT2D eigenvalue weighted by atomic mass is 9.91. The lowest BCUT2D eigenvalue weighted by Crippen LogP contribution is -2.51. The Morgan fingerprint density at radius 3 is 2.52 bits per heavy atom. The summed E-state index contributed by atoms with van der Waals surface area (Å²) in [5.74, 6) is -0.943. The number of nitrogens with zero attached hydrogens (tertiary/aromatic N) is 1. The lowest BCUT2D eigenvalue weighted by molar-refractivity contribution is -0.117. The van der Waals surface area contributed by atoms with Crippen molar-refractivity contribution in [1.29, 1.82) is 0 Å². The second-order valence-electron chi connectivity index (χ2n) is 8.53. The van der Waals surface area contributed by atoms with Crippen molar-refractivity contribution in [2.24, 2.45) is 5.73 Å². The number of fused-ring (bicyclic) bond motifs is 1. The first-order valence-corrected chi connectivity index (χ1v) is 11.8. The predicted octanol–water partition coefficient (Wildman–Crippen LogP) is 4.37. The van der Waals surface area contributed by atoms with Gasteiger partial charge >= 0.3 is 0 Å². The summed E-state index contributed by atoms with van der Waals surface area (Å²) < 4.78 is 0. The molecule has 2 aliphatic rings. The number of carbonyl (C=O) groups is 3. The van der Waals surface area contributed by atoms with Crippen LogP contribution in [-0.2, 0) is 4.79 Å². The SMILES string of the molecule is CCC1C(=O)Nc2cc(C(=O)NC3CCC(N)CC3)ccc2N1C(=O)c1ccc(Cl)cc1Cl. The topological polar surface area (TPSA) is 105 Å². The smallest absolute Gasteiger partial charge is 0.260 e. The Morgan fingerprint density at radius 1 is 1.12 bits per heavy atom. The third-order valence-electron chi connectivity index (χ3n) is 6.26. The molecule has 0 aromatic heterocycles. The van der Waals surface area contributed by atoms with Crippen LogP contribution in [0.2, 0.25) is 10.0 Å². The summed E-state index contributed by atoms with van der Waals surface area (Å²) in [6.07, 6.45) is 3.87. The summed E-state index contributed by atoms with van der Waals surface area (Å²) in [5, 5.41) is 6.51. The van der Waals surface area contributed by atoms with E-state index < -0.39 is 11.9 Å². The van der Waals surface area contributed by atoms with Crippen LogP contribution in [0.4, 0.5) is 11.4 Å². The molecule has 0 bridgehead atoms. The van der Waals surface area contributed by atoms with Crippen LogP contribution in [0.3, 0.4) is 0 Å². The first-order chi connectivity index (χ1) is 15.8. The van der Waals surface area contributed by atoms with Crippen molar-refractivity contribution in [3.05, 3.63) is 57.6 Å². The fourth-order valence-corrected chi connectivity index (χ4v) is 4.92. The van der Waals surface area contributed by atoms with Gasteiger partial charge in [0.1, 0.15) is 6.04 Å². The van der Waals surface area contributed by atoms with Crippen molar-refractivity contribution < 1.29 is 14.4 Å². The third-order valence-corrected chi connectivity index (χ3v) is 6.81. The minimum Gasteiger partial charge on any atom is -0.349 e. The summed E-state index contributed by atoms with van der Waals surface area (Å²) in [6.45, 7) is 1.83. The number of rotatable bonds is 4. The maximum Gasteiger partial charge on any atom is 0.260 e. The number of hydrogen-bond donors (Lipinski definition) is 3. The van der Waals surface area contributed by atoms with Gasteiger partial charge in [-0.2, -0.15) is 0 Å². The molecule has 33 heavy (non-hydrogen) atoms. The maximum absolute atomic E-state index is 13.4. The zero-order valence-corrected chi connectivity index (χ0v) is 19.7. The number of benzene rings is 2. The van der Waals surface area contributed by atoms with E-state index in [0.717, 1.165) is 25.7 Å². The predicted molar refractivity (Wildman–Crippen MR) is 130 cm³/mol. The van der Waals surface area contributed by atoms with Gasteiger partial charge in [-0.05, 0) is 68.5 Å². The molecule has 1 aliphatic heterocycles. The van der Waals surface area contributed by atoms with Crippen LogP contribution >= 0.6 is 23.2 Å². The lowest BCUT2D eigenvalue weighted by Gasteiger charge is -2.36. The molecule has 1 heterocycles. The largest absolute Gasteiger partial charge is 0.349 e. The Labute approximate surface area is 202 Å². The zero-order valence-electron chi connectivity index (χ0n) is 18.2. The quantitative estimate of drug-likeness (QED) is 0.593. The second-order valence-corrected chi connectivity index (χ2v) is 9.37. The van der Waals surface area contributed by atoms with Gasteiger partial charge in [-0.15, -0.1) is 0 Å². The molecule has 1 unspecified atom stereocenters. The highest BCUT2D eigenvalue weighted by Gasteiger charge is 2.37. The van der Waals surface area contributed by atoms with Crippen LogP contribution in [0.25, 0.3) is 0 Å². The second kappa shape index (κ2) is 9.71. The minimum absolute atomic E-state index is 0.0810.